The van der Waals surface area contributed by atoms with Crippen LogP contribution < -0.4 is 9.80 Å². The summed E-state index contributed by atoms with van der Waals surface area (Å²) in [6.07, 6.45) is 3.16. The SMILES string of the molecule is O=C(c1cc2ccccc2o1)N(C(=O)c1cc2ccccc2o1)c1cccc(Cl)c1N1CCCCC1. The number of para-hydroxylation sites is 3. The fourth-order valence-corrected chi connectivity index (χ4v) is 5.11. The first kappa shape index (κ1) is 22.4. The minimum atomic E-state index is -0.586. The Balaban J connectivity index is 1.51. The Morgan fingerprint density at radius 2 is 1.28 bits per heavy atom. The van der Waals surface area contributed by atoms with Gasteiger partial charge in [-0.3, -0.25) is 9.59 Å². The van der Waals surface area contributed by atoms with E-state index in [2.05, 4.69) is 4.90 Å². The van der Waals surface area contributed by atoms with Gasteiger partial charge in [-0.1, -0.05) is 54.1 Å². The molecule has 180 valence electrons. The summed E-state index contributed by atoms with van der Waals surface area (Å²) >= 11 is 6.70. The minimum Gasteiger partial charge on any atom is -0.451 e. The number of nitrogens with zero attached hydrogens (tertiary/aromatic N) is 2. The van der Waals surface area contributed by atoms with Gasteiger partial charge in [-0.2, -0.15) is 0 Å². The van der Waals surface area contributed by atoms with Gasteiger partial charge in [0.05, 0.1) is 16.4 Å². The lowest BCUT2D eigenvalue weighted by molar-refractivity contribution is 0.0869. The van der Waals surface area contributed by atoms with Crippen molar-refractivity contribution in [3.63, 3.8) is 0 Å². The van der Waals surface area contributed by atoms with E-state index in [1.807, 2.05) is 36.4 Å². The molecule has 0 saturated carbocycles. The first-order chi connectivity index (χ1) is 17.6. The van der Waals surface area contributed by atoms with Gasteiger partial charge in [-0.15, -0.1) is 0 Å². The summed E-state index contributed by atoms with van der Waals surface area (Å²) in [5.74, 6) is -1.05. The second-order valence-corrected chi connectivity index (χ2v) is 9.31. The van der Waals surface area contributed by atoms with Crippen molar-refractivity contribution in [2.24, 2.45) is 0 Å². The van der Waals surface area contributed by atoms with E-state index in [1.165, 1.54) is 0 Å². The number of hydrogen-bond donors (Lipinski definition) is 0. The first-order valence-electron chi connectivity index (χ1n) is 12.0. The normalized spacial score (nSPS) is 13.9. The second-order valence-electron chi connectivity index (χ2n) is 8.90. The molecule has 2 amide bonds. The van der Waals surface area contributed by atoms with Crippen molar-refractivity contribution in [2.75, 3.05) is 22.9 Å². The highest BCUT2D eigenvalue weighted by Gasteiger charge is 2.34. The summed E-state index contributed by atoms with van der Waals surface area (Å²) in [4.78, 5) is 31.3. The zero-order valence-electron chi connectivity index (χ0n) is 19.4. The number of furan rings is 2. The number of anilines is 2. The predicted octanol–water partition coefficient (Wildman–Crippen LogP) is 7.31. The zero-order chi connectivity index (χ0) is 24.6. The van der Waals surface area contributed by atoms with Gasteiger partial charge in [0.1, 0.15) is 11.2 Å². The molecular formula is C29H23ClN2O4. The highest BCUT2D eigenvalue weighted by Crippen LogP contribution is 2.39. The van der Waals surface area contributed by atoms with Crippen LogP contribution in [0.3, 0.4) is 0 Å². The molecule has 0 spiro atoms. The van der Waals surface area contributed by atoms with Gasteiger partial charge in [-0.25, -0.2) is 4.90 Å². The second kappa shape index (κ2) is 9.21. The lowest BCUT2D eigenvalue weighted by atomic mass is 10.1. The van der Waals surface area contributed by atoms with Crippen LogP contribution in [0.2, 0.25) is 5.02 Å². The first-order valence-corrected chi connectivity index (χ1v) is 12.4. The van der Waals surface area contributed by atoms with E-state index in [0.29, 0.717) is 27.6 Å². The standard InChI is InChI=1S/C29H23ClN2O4/c30-21-11-8-12-22(27(21)31-15-6-1-7-16-31)32(28(33)25-17-19-9-2-4-13-23(19)35-25)29(34)26-18-20-10-3-5-14-24(20)36-26/h2-5,8-14,17-18H,1,6-7,15-16H2. The fraction of sp³-hybridized carbons (Fsp3) is 0.172. The summed E-state index contributed by atoms with van der Waals surface area (Å²) in [6.45, 7) is 1.59. The molecule has 6 rings (SSSR count). The molecule has 0 atom stereocenters. The van der Waals surface area contributed by atoms with Crippen LogP contribution in [-0.2, 0) is 0 Å². The quantitative estimate of drug-likeness (QED) is 0.243. The number of fused-ring (bicyclic) bond motifs is 2. The highest BCUT2D eigenvalue weighted by atomic mass is 35.5. The van der Waals surface area contributed by atoms with E-state index in [9.17, 15) is 9.59 Å². The average Bonchev–Trinajstić information content (AvgIpc) is 3.54. The van der Waals surface area contributed by atoms with Crippen molar-refractivity contribution < 1.29 is 18.4 Å². The molecule has 1 aliphatic heterocycles. The lowest BCUT2D eigenvalue weighted by Crippen LogP contribution is -2.39. The highest BCUT2D eigenvalue weighted by molar-refractivity contribution is 6.35. The number of imide groups is 1. The average molecular weight is 499 g/mol. The van der Waals surface area contributed by atoms with Gasteiger partial charge in [0.2, 0.25) is 0 Å². The Morgan fingerprint density at radius 3 is 1.83 bits per heavy atom. The van der Waals surface area contributed by atoms with Gasteiger partial charge in [-0.05, 0) is 55.7 Å². The molecule has 3 heterocycles. The van der Waals surface area contributed by atoms with E-state index in [4.69, 9.17) is 20.4 Å². The van der Waals surface area contributed by atoms with Crippen LogP contribution in [0.15, 0.2) is 87.7 Å². The Morgan fingerprint density at radius 1 is 0.722 bits per heavy atom. The van der Waals surface area contributed by atoms with Gasteiger partial charge in [0.15, 0.2) is 11.5 Å². The molecule has 6 nitrogen and oxygen atoms in total. The number of benzene rings is 3. The molecule has 1 fully saturated rings. The summed E-state index contributed by atoms with van der Waals surface area (Å²) in [5.41, 5.74) is 2.20. The molecule has 0 radical (unpaired) electrons. The third-order valence-corrected chi connectivity index (χ3v) is 6.86. The summed E-state index contributed by atoms with van der Waals surface area (Å²) in [5, 5.41) is 2.04. The van der Waals surface area contributed by atoms with Gasteiger partial charge < -0.3 is 13.7 Å². The monoisotopic (exact) mass is 498 g/mol. The maximum absolute atomic E-state index is 14.0. The molecule has 0 aliphatic carbocycles. The summed E-state index contributed by atoms with van der Waals surface area (Å²) < 4.78 is 11.7. The third-order valence-electron chi connectivity index (χ3n) is 6.56. The van der Waals surface area contributed by atoms with E-state index in [0.717, 1.165) is 48.0 Å². The van der Waals surface area contributed by atoms with Crippen LogP contribution in [0.4, 0.5) is 11.4 Å². The van der Waals surface area contributed by atoms with Crippen LogP contribution >= 0.6 is 11.6 Å². The number of halogens is 1. The van der Waals surface area contributed by atoms with Crippen molar-refractivity contribution >= 4 is 56.7 Å². The molecule has 0 N–H and O–H groups in total. The Kier molecular flexibility index (Phi) is 5.74. The van der Waals surface area contributed by atoms with Crippen molar-refractivity contribution in [3.05, 3.63) is 95.4 Å². The van der Waals surface area contributed by atoms with Crippen molar-refractivity contribution in [1.29, 1.82) is 0 Å². The molecule has 0 unspecified atom stereocenters. The van der Waals surface area contributed by atoms with Crippen LogP contribution in [0, 0.1) is 0 Å². The predicted molar refractivity (Wildman–Crippen MR) is 141 cm³/mol. The lowest BCUT2D eigenvalue weighted by Gasteiger charge is -2.33. The molecule has 0 bridgehead atoms. The Labute approximate surface area is 212 Å². The van der Waals surface area contributed by atoms with E-state index < -0.39 is 11.8 Å². The molecule has 36 heavy (non-hydrogen) atoms. The zero-order valence-corrected chi connectivity index (χ0v) is 20.2. The van der Waals surface area contributed by atoms with Gasteiger partial charge in [0.25, 0.3) is 0 Å². The van der Waals surface area contributed by atoms with Gasteiger partial charge >= 0.3 is 11.8 Å². The number of amides is 2. The summed E-state index contributed by atoms with van der Waals surface area (Å²) in [6, 6.07) is 23.3. The summed E-state index contributed by atoms with van der Waals surface area (Å²) in [7, 11) is 0. The molecule has 3 aromatic carbocycles. The molecule has 1 saturated heterocycles. The topological polar surface area (TPSA) is 66.9 Å². The minimum absolute atomic E-state index is 0.0604. The smallest absolute Gasteiger partial charge is 0.301 e. The Bertz CT molecular complexity index is 1440. The molecule has 7 heteroatoms. The number of piperidine rings is 1. The number of hydrogen-bond acceptors (Lipinski definition) is 5. The van der Waals surface area contributed by atoms with Crippen LogP contribution in [-0.4, -0.2) is 24.9 Å². The maximum atomic E-state index is 14.0. The van der Waals surface area contributed by atoms with Crippen molar-refractivity contribution in [2.45, 2.75) is 19.3 Å². The van der Waals surface area contributed by atoms with Crippen molar-refractivity contribution in [3.8, 4) is 0 Å². The molecule has 2 aromatic heterocycles. The van der Waals surface area contributed by atoms with Crippen molar-refractivity contribution in [1.82, 2.24) is 0 Å². The van der Waals surface area contributed by atoms with E-state index >= 15 is 0 Å². The maximum Gasteiger partial charge on any atom is 0.301 e. The molecule has 5 aromatic rings. The van der Waals surface area contributed by atoms with Crippen LogP contribution in [0.5, 0.6) is 0 Å². The molecular weight excluding hydrogens is 476 g/mol. The number of carbonyl (C=O) groups is 2. The van der Waals surface area contributed by atoms with E-state index in [-0.39, 0.29) is 11.5 Å². The van der Waals surface area contributed by atoms with Crippen LogP contribution in [0.1, 0.15) is 40.4 Å². The van der Waals surface area contributed by atoms with Gasteiger partial charge in [0, 0.05) is 23.9 Å². The Hall–Kier alpha value is -4.03. The third kappa shape index (κ3) is 3.93. The fourth-order valence-electron chi connectivity index (χ4n) is 4.82. The van der Waals surface area contributed by atoms with E-state index in [1.54, 1.807) is 42.5 Å². The number of rotatable bonds is 4. The molecule has 1 aliphatic rings. The largest absolute Gasteiger partial charge is 0.451 e. The number of carbonyl (C=O) groups excluding carboxylic acids is 2. The van der Waals surface area contributed by atoms with Crippen LogP contribution in [0.25, 0.3) is 21.9 Å².